The average Bonchev–Trinajstić information content (AvgIpc) is 0.767. The number of fused-ring (bicyclic) bond motifs is 2. The molecule has 9 rings (SSSR count). The second-order valence-corrected chi connectivity index (χ2v) is 22.4. The van der Waals surface area contributed by atoms with E-state index in [1.807, 2.05) is 0 Å². The van der Waals surface area contributed by atoms with E-state index in [4.69, 9.17) is 10.5 Å². The van der Waals surface area contributed by atoms with Crippen molar-refractivity contribution in [2.75, 3.05) is 46.0 Å². The van der Waals surface area contributed by atoms with Crippen LogP contribution >= 0.6 is 24.1 Å². The lowest BCUT2D eigenvalue weighted by Crippen LogP contribution is -2.08. The predicted molar refractivity (Wildman–Crippen MR) is 320 cm³/mol. The summed E-state index contributed by atoms with van der Waals surface area (Å²) in [6.07, 6.45) is 0. The number of hydrogen-bond acceptors (Lipinski definition) is 34. The molecule has 0 aliphatic rings. The molecule has 42 heteroatoms. The van der Waals surface area contributed by atoms with Gasteiger partial charge >= 0.3 is 23.9 Å². The molecule has 2 aromatic heterocycles. The quantitative estimate of drug-likeness (QED) is 0.00788. The first kappa shape index (κ1) is 65.3. The molecule has 0 atom stereocenters. The number of carbonyl (C=O) groups is 4. The van der Waals surface area contributed by atoms with E-state index < -0.39 is 99.0 Å². The Morgan fingerprint density at radius 3 is 1.05 bits per heavy atom. The van der Waals surface area contributed by atoms with Crippen molar-refractivity contribution < 1.29 is 105 Å². The van der Waals surface area contributed by atoms with E-state index in [9.17, 15) is 75.8 Å². The summed E-state index contributed by atoms with van der Waals surface area (Å²) < 4.78 is 80.0. The Balaban J connectivity index is 1.02. The van der Waals surface area contributed by atoms with Crippen LogP contribution in [0.4, 0.5) is 81.2 Å². The molecule has 0 aliphatic carbocycles. The maximum atomic E-state index is 12.6. The molecule has 0 amide bonds. The van der Waals surface area contributed by atoms with Crippen molar-refractivity contribution >= 4 is 171 Å². The number of phenolic OH excluding ortho intramolecular Hbond substituents is 2. The standard InChI is InChI=1S/C50H38N16O22S4/c1-51-45-57-47(61-49(59-45)55-31-17-29(91(79,80)81)13-19-15-33(89-87-85-77)37(39(67)35(19)31)65-63-27-9-21(41(69)70)7-22(10-27)42(71)72)53-25-3-5-26(6-4-25)54-48-58-46(52-2)60-50(62-48)56-32-18-30(92(82,83)84)14-20-16-34(90-88-86-78)38(40(68)36(20)32)66-64-28-11-23(43(73)74)8-24(12-28)44(75)76/h3-18,67-68,77-78H,1-2H3,(H,69,70)(H,71,72)(H,73,74)(H,75,76)(H,79,80,81)(H,82,83,84)(H3,51,53,55,57,59,61)(H3,52,54,56,58,60,62). The zero-order valence-electron chi connectivity index (χ0n) is 45.7. The summed E-state index contributed by atoms with van der Waals surface area (Å²) >= 11 is 0.458. The van der Waals surface area contributed by atoms with Crippen molar-refractivity contribution in [3.63, 3.8) is 0 Å². The van der Waals surface area contributed by atoms with E-state index in [1.165, 1.54) is 14.1 Å². The van der Waals surface area contributed by atoms with Gasteiger partial charge in [0.15, 0.2) is 11.5 Å². The van der Waals surface area contributed by atoms with Crippen LogP contribution in [0.2, 0.25) is 0 Å². The lowest BCUT2D eigenvalue weighted by Gasteiger charge is -2.16. The van der Waals surface area contributed by atoms with Crippen LogP contribution in [-0.2, 0) is 39.0 Å². The van der Waals surface area contributed by atoms with E-state index in [-0.39, 0.29) is 114 Å². The van der Waals surface area contributed by atoms with Crippen molar-refractivity contribution in [1.29, 1.82) is 0 Å². The minimum atomic E-state index is -5.00. The first-order valence-corrected chi connectivity index (χ1v) is 29.1. The van der Waals surface area contributed by atoms with Crippen LogP contribution in [0.15, 0.2) is 137 Å². The van der Waals surface area contributed by atoms with E-state index in [0.717, 1.165) is 72.8 Å². The van der Waals surface area contributed by atoms with Crippen molar-refractivity contribution in [3.8, 4) is 11.5 Å². The van der Waals surface area contributed by atoms with Crippen molar-refractivity contribution in [2.24, 2.45) is 20.5 Å². The van der Waals surface area contributed by atoms with Crippen molar-refractivity contribution in [1.82, 2.24) is 29.9 Å². The number of phenols is 2. The Morgan fingerprint density at radius 1 is 0.446 bits per heavy atom. The maximum absolute atomic E-state index is 12.6. The highest BCUT2D eigenvalue weighted by molar-refractivity contribution is 7.95. The molecule has 0 unspecified atom stereocenters. The Bertz CT molecular complexity index is 4420. The van der Waals surface area contributed by atoms with Crippen molar-refractivity contribution in [3.05, 3.63) is 119 Å². The summed E-state index contributed by atoms with van der Waals surface area (Å²) in [5, 5.41) is 120. The minimum absolute atomic E-state index is 0.0790. The summed E-state index contributed by atoms with van der Waals surface area (Å²) in [7, 11) is -7.10. The topological polar surface area (TPSA) is 575 Å². The zero-order chi connectivity index (χ0) is 66.3. The number of aromatic nitrogens is 6. The molecule has 0 saturated carbocycles. The van der Waals surface area contributed by atoms with Crippen LogP contribution in [0, 0.1) is 0 Å². The zero-order valence-corrected chi connectivity index (χ0v) is 49.0. The van der Waals surface area contributed by atoms with Crippen LogP contribution in [0.3, 0.4) is 0 Å². The number of hydrogen-bond donors (Lipinski definition) is 16. The third-order valence-electron chi connectivity index (χ3n) is 12.1. The lowest BCUT2D eigenvalue weighted by atomic mass is 10.1. The Hall–Kier alpha value is -11.2. The van der Waals surface area contributed by atoms with Gasteiger partial charge in [0.25, 0.3) is 20.2 Å². The van der Waals surface area contributed by atoms with Gasteiger partial charge in [0.1, 0.15) is 11.4 Å². The molecule has 0 aliphatic heterocycles. The number of rotatable bonds is 26. The molecule has 0 saturated heterocycles. The summed E-state index contributed by atoms with van der Waals surface area (Å²) in [5.74, 6) is -8.66. The van der Waals surface area contributed by atoms with Gasteiger partial charge in [0.05, 0.1) is 88.7 Å². The molecule has 0 fully saturated rings. The molecule has 9 aromatic rings. The van der Waals surface area contributed by atoms with Gasteiger partial charge in [0.2, 0.25) is 35.7 Å². The molecular formula is C50H38N16O22S4. The highest BCUT2D eigenvalue weighted by Gasteiger charge is 2.26. The largest absolute Gasteiger partial charge is 0.505 e. The molecule has 0 spiro atoms. The first-order valence-electron chi connectivity index (χ1n) is 24.8. The fourth-order valence-corrected chi connectivity index (χ4v) is 10.3. The Labute approximate surface area is 520 Å². The van der Waals surface area contributed by atoms with Gasteiger partial charge in [-0.25, -0.2) is 29.7 Å². The van der Waals surface area contributed by atoms with Gasteiger partial charge < -0.3 is 62.5 Å². The van der Waals surface area contributed by atoms with Gasteiger partial charge in [0, 0.05) is 36.2 Å². The third kappa shape index (κ3) is 15.3. The van der Waals surface area contributed by atoms with Gasteiger partial charge in [-0.2, -0.15) is 57.0 Å². The molecule has 0 bridgehead atoms. The third-order valence-corrected chi connectivity index (χ3v) is 15.0. The summed E-state index contributed by atoms with van der Waals surface area (Å²) in [6, 6.07) is 17.8. The van der Waals surface area contributed by atoms with Gasteiger partial charge in [-0.15, -0.1) is 18.9 Å². The van der Waals surface area contributed by atoms with Crippen LogP contribution in [0.1, 0.15) is 41.4 Å². The number of aromatic carboxylic acids is 4. The second kappa shape index (κ2) is 27.3. The molecule has 0 radical (unpaired) electrons. The molecular weight excluding hydrogens is 1300 g/mol. The summed E-state index contributed by atoms with van der Waals surface area (Å²) in [4.78, 5) is 71.2. The summed E-state index contributed by atoms with van der Waals surface area (Å²) in [5.41, 5.74) is -3.42. The Kier molecular flexibility index (Phi) is 19.4. The van der Waals surface area contributed by atoms with Crippen molar-refractivity contribution in [2.45, 2.75) is 19.6 Å². The number of azo groups is 2. The molecule has 38 nitrogen and oxygen atoms in total. The van der Waals surface area contributed by atoms with E-state index in [0.29, 0.717) is 11.4 Å². The molecule has 16 N–H and O–H groups in total. The summed E-state index contributed by atoms with van der Waals surface area (Å²) in [6.45, 7) is 0. The number of benzene rings is 7. The van der Waals surface area contributed by atoms with Gasteiger partial charge in [-0.1, -0.05) is 10.1 Å². The SMILES string of the molecule is CNc1nc(Nc2ccc(Nc3nc(NC)nc(Nc4cc(S(=O)(=O)O)cc5cc(SOOO)c(N=Nc6cc(C(=O)O)cc(C(=O)O)c6)c(O)c45)n3)cc2)nc(Nc2cc(S(=O)(=O)O)cc3cc(SOOO)c(N=Nc4cc(C(=O)O)cc(C(=O)O)c4)c(O)c23)n1. The average molecular weight is 1340 g/mol. The number of aromatic hydroxyl groups is 2. The van der Waals surface area contributed by atoms with Crippen LogP contribution in [-0.4, -0.2) is 135 Å². The number of carboxylic acids is 4. The highest BCUT2D eigenvalue weighted by Crippen LogP contribution is 2.49. The molecule has 7 aromatic carbocycles. The van der Waals surface area contributed by atoms with E-state index in [1.54, 1.807) is 24.3 Å². The van der Waals surface area contributed by atoms with Gasteiger partial charge in [-0.3, -0.25) is 9.11 Å². The Morgan fingerprint density at radius 2 is 0.761 bits per heavy atom. The van der Waals surface area contributed by atoms with Crippen LogP contribution in [0.25, 0.3) is 21.5 Å². The van der Waals surface area contributed by atoms with E-state index in [2.05, 4.69) is 101 Å². The van der Waals surface area contributed by atoms with Crippen LogP contribution < -0.4 is 31.9 Å². The monoisotopic (exact) mass is 1340 g/mol. The second-order valence-electron chi connectivity index (χ2n) is 18.0. The highest BCUT2D eigenvalue weighted by atomic mass is 32.2. The molecule has 2 heterocycles. The number of carboxylic acid groups (broad SMARTS) is 4. The first-order chi connectivity index (χ1) is 43.7. The van der Waals surface area contributed by atoms with Gasteiger partial charge in [-0.05, 0) is 108 Å². The normalized spacial score (nSPS) is 11.7. The van der Waals surface area contributed by atoms with Crippen LogP contribution in [0.5, 0.6) is 11.5 Å². The predicted octanol–water partition coefficient (Wildman–Crippen LogP) is 9.81. The smallest absolute Gasteiger partial charge is 0.335 e. The minimum Gasteiger partial charge on any atom is -0.505 e. The molecule has 474 valence electrons. The lowest BCUT2D eigenvalue weighted by molar-refractivity contribution is -0.432. The number of nitrogens with zero attached hydrogens (tertiary/aromatic N) is 10. The fraction of sp³-hybridized carbons (Fsp3) is 0.0400. The number of anilines is 10. The fourth-order valence-electron chi connectivity index (χ4n) is 8.22. The number of nitrogens with one attached hydrogen (secondary N) is 6. The molecule has 92 heavy (non-hydrogen) atoms. The maximum Gasteiger partial charge on any atom is 0.335 e. The van der Waals surface area contributed by atoms with E-state index >= 15 is 0 Å².